The van der Waals surface area contributed by atoms with Gasteiger partial charge in [0.25, 0.3) is 0 Å². The first kappa shape index (κ1) is 20.7. The third kappa shape index (κ3) is 5.05. The Hall–Kier alpha value is -3.07. The molecule has 152 valence electrons. The average molecular weight is 416 g/mol. The topological polar surface area (TPSA) is 86.1 Å². The monoisotopic (exact) mass is 416 g/mol. The molecule has 3 aromatic rings. The van der Waals surface area contributed by atoms with Gasteiger partial charge in [-0.3, -0.25) is 9.59 Å². The number of hydrogen-bond donors (Lipinski definition) is 1. The number of halogens is 1. The van der Waals surface area contributed by atoms with Crippen molar-refractivity contribution in [2.45, 2.75) is 26.7 Å². The summed E-state index contributed by atoms with van der Waals surface area (Å²) in [6.45, 7) is 3.68. The van der Waals surface area contributed by atoms with Crippen LogP contribution in [0.3, 0.4) is 0 Å². The summed E-state index contributed by atoms with van der Waals surface area (Å²) >= 11 is 1.38. The summed E-state index contributed by atoms with van der Waals surface area (Å²) < 4.78 is 19.7. The summed E-state index contributed by atoms with van der Waals surface area (Å²) in [6, 6.07) is 6.52. The first-order valence-electron chi connectivity index (χ1n) is 8.95. The third-order valence-electron chi connectivity index (χ3n) is 4.43. The van der Waals surface area contributed by atoms with Crippen LogP contribution in [0, 0.1) is 19.7 Å². The van der Waals surface area contributed by atoms with Gasteiger partial charge in [0.2, 0.25) is 11.0 Å². The number of nitrogens with one attached hydrogen (secondary N) is 1. The highest BCUT2D eigenvalue weighted by atomic mass is 32.1. The van der Waals surface area contributed by atoms with Crippen molar-refractivity contribution in [2.24, 2.45) is 0 Å². The van der Waals surface area contributed by atoms with Gasteiger partial charge in [0.05, 0.1) is 24.9 Å². The highest BCUT2D eigenvalue weighted by Gasteiger charge is 2.17. The number of nitrogens with zero attached hydrogens (tertiary/aromatic N) is 3. The minimum absolute atomic E-state index is 0.0585. The maximum atomic E-state index is 13.5. The molecule has 0 saturated heterocycles. The van der Waals surface area contributed by atoms with Gasteiger partial charge >= 0.3 is 5.97 Å². The molecule has 0 spiro atoms. The first-order valence-corrected chi connectivity index (χ1v) is 9.83. The maximum absolute atomic E-state index is 13.5. The molecule has 1 N–H and O–H groups in total. The quantitative estimate of drug-likeness (QED) is 0.598. The van der Waals surface area contributed by atoms with Crippen LogP contribution in [0.5, 0.6) is 0 Å². The number of carbonyl (C=O) groups excluding carboxylic acids is 2. The molecule has 1 amide bonds. The molecule has 0 aliphatic carbocycles. The van der Waals surface area contributed by atoms with Crippen molar-refractivity contribution in [3.8, 4) is 5.13 Å². The van der Waals surface area contributed by atoms with E-state index >= 15 is 0 Å². The second-order valence-corrected chi connectivity index (χ2v) is 7.36. The fraction of sp³-hybridized carbons (Fsp3) is 0.300. The van der Waals surface area contributed by atoms with Crippen LogP contribution in [0.4, 0.5) is 4.39 Å². The number of rotatable bonds is 7. The van der Waals surface area contributed by atoms with Gasteiger partial charge in [-0.25, -0.2) is 14.1 Å². The lowest BCUT2D eigenvalue weighted by molar-refractivity contribution is -0.141. The molecule has 9 heteroatoms. The molecule has 0 saturated carbocycles. The molecule has 0 aliphatic rings. The predicted octanol–water partition coefficient (Wildman–Crippen LogP) is 2.51. The molecule has 1 aromatic carbocycles. The zero-order valence-corrected chi connectivity index (χ0v) is 17.2. The van der Waals surface area contributed by atoms with Gasteiger partial charge in [-0.1, -0.05) is 12.1 Å². The molecule has 2 aromatic heterocycles. The van der Waals surface area contributed by atoms with Crippen LogP contribution in [0.2, 0.25) is 0 Å². The highest BCUT2D eigenvalue weighted by Crippen LogP contribution is 2.23. The lowest BCUT2D eigenvalue weighted by Crippen LogP contribution is -2.31. The summed E-state index contributed by atoms with van der Waals surface area (Å²) in [4.78, 5) is 27.5. The predicted molar refractivity (Wildman–Crippen MR) is 107 cm³/mol. The molecular weight excluding hydrogens is 395 g/mol. The van der Waals surface area contributed by atoms with Gasteiger partial charge in [0.15, 0.2) is 0 Å². The van der Waals surface area contributed by atoms with Gasteiger partial charge in [0, 0.05) is 23.1 Å². The molecule has 29 heavy (non-hydrogen) atoms. The second kappa shape index (κ2) is 8.95. The number of amides is 1. The Balaban J connectivity index is 1.73. The Kier molecular flexibility index (Phi) is 6.38. The molecular formula is C20H21FN4O3S. The van der Waals surface area contributed by atoms with E-state index in [9.17, 15) is 14.0 Å². The Labute approximate surface area is 171 Å². The first-order chi connectivity index (χ1) is 13.9. The fourth-order valence-corrected chi connectivity index (χ4v) is 3.74. The van der Waals surface area contributed by atoms with Crippen molar-refractivity contribution >= 4 is 23.2 Å². The molecule has 0 fully saturated rings. The van der Waals surface area contributed by atoms with E-state index < -0.39 is 5.97 Å². The van der Waals surface area contributed by atoms with E-state index in [1.165, 1.54) is 30.6 Å². The highest BCUT2D eigenvalue weighted by molar-refractivity contribution is 7.12. The maximum Gasteiger partial charge on any atom is 0.325 e. The van der Waals surface area contributed by atoms with Crippen molar-refractivity contribution in [3.63, 3.8) is 0 Å². The van der Waals surface area contributed by atoms with Crippen molar-refractivity contribution in [3.05, 3.63) is 63.7 Å². The van der Waals surface area contributed by atoms with E-state index in [0.29, 0.717) is 17.2 Å². The zero-order chi connectivity index (χ0) is 21.0. The van der Waals surface area contributed by atoms with Crippen LogP contribution in [0.15, 0.2) is 29.6 Å². The van der Waals surface area contributed by atoms with E-state index in [4.69, 9.17) is 0 Å². The average Bonchev–Trinajstić information content (AvgIpc) is 3.25. The molecule has 0 unspecified atom stereocenters. The Morgan fingerprint density at radius 3 is 2.83 bits per heavy atom. The summed E-state index contributed by atoms with van der Waals surface area (Å²) in [5.74, 6) is -1.08. The molecule has 0 radical (unpaired) electrons. The minimum Gasteiger partial charge on any atom is -0.468 e. The van der Waals surface area contributed by atoms with Crippen molar-refractivity contribution in [1.82, 2.24) is 20.1 Å². The van der Waals surface area contributed by atoms with Gasteiger partial charge in [-0.2, -0.15) is 5.10 Å². The molecule has 0 aliphatic heterocycles. The Bertz CT molecular complexity index is 1040. The SMILES string of the molecule is COC(=O)CNC(=O)Cc1csc(-n2nc(C)c(Cc3cccc(F)c3)c2C)n1. The molecule has 3 rings (SSSR count). The van der Waals surface area contributed by atoms with E-state index in [0.717, 1.165) is 22.5 Å². The molecule has 0 atom stereocenters. The lowest BCUT2D eigenvalue weighted by Gasteiger charge is -2.04. The van der Waals surface area contributed by atoms with Gasteiger partial charge in [0.1, 0.15) is 12.4 Å². The number of ether oxygens (including phenoxy) is 1. The summed E-state index contributed by atoms with van der Waals surface area (Å²) in [7, 11) is 1.26. The summed E-state index contributed by atoms with van der Waals surface area (Å²) in [5, 5.41) is 9.49. The number of methoxy groups -OCH3 is 1. The fourth-order valence-electron chi connectivity index (χ4n) is 2.91. The molecule has 2 heterocycles. The van der Waals surface area contributed by atoms with E-state index in [2.05, 4.69) is 20.1 Å². The number of thiazole rings is 1. The number of carbonyl (C=O) groups is 2. The van der Waals surface area contributed by atoms with E-state index in [1.807, 2.05) is 19.9 Å². The van der Waals surface area contributed by atoms with Crippen LogP contribution in [0.1, 0.15) is 28.2 Å². The van der Waals surface area contributed by atoms with Crippen LogP contribution in [0.25, 0.3) is 5.13 Å². The van der Waals surface area contributed by atoms with Crippen LogP contribution < -0.4 is 5.32 Å². The second-order valence-electron chi connectivity index (χ2n) is 6.52. The van der Waals surface area contributed by atoms with Crippen LogP contribution in [-0.4, -0.2) is 40.3 Å². The minimum atomic E-state index is -0.509. The molecule has 7 nitrogen and oxygen atoms in total. The largest absolute Gasteiger partial charge is 0.468 e. The number of aromatic nitrogens is 3. The van der Waals surface area contributed by atoms with Crippen molar-refractivity contribution in [2.75, 3.05) is 13.7 Å². The smallest absolute Gasteiger partial charge is 0.325 e. The summed E-state index contributed by atoms with van der Waals surface area (Å²) in [6.07, 6.45) is 0.631. The number of hydrogen-bond acceptors (Lipinski definition) is 6. The number of esters is 1. The van der Waals surface area contributed by atoms with Gasteiger partial charge in [-0.05, 0) is 31.5 Å². The van der Waals surface area contributed by atoms with E-state index in [-0.39, 0.29) is 24.7 Å². The van der Waals surface area contributed by atoms with Gasteiger partial charge < -0.3 is 10.1 Å². The van der Waals surface area contributed by atoms with Crippen molar-refractivity contribution < 1.29 is 18.7 Å². The summed E-state index contributed by atoms with van der Waals surface area (Å²) in [5.41, 5.74) is 4.25. The molecule has 0 bridgehead atoms. The van der Waals surface area contributed by atoms with Crippen molar-refractivity contribution in [1.29, 1.82) is 0 Å². The van der Waals surface area contributed by atoms with Crippen LogP contribution >= 0.6 is 11.3 Å². The zero-order valence-electron chi connectivity index (χ0n) is 16.4. The lowest BCUT2D eigenvalue weighted by atomic mass is 10.0. The number of benzene rings is 1. The van der Waals surface area contributed by atoms with Gasteiger partial charge in [-0.15, -0.1) is 11.3 Å². The Morgan fingerprint density at radius 2 is 2.10 bits per heavy atom. The standard InChI is InChI=1S/C20H21FN4O3S/c1-12-17(8-14-5-4-6-15(21)7-14)13(2)25(24-12)20-23-16(11-29-20)9-18(26)22-10-19(27)28-3/h4-7,11H,8-10H2,1-3H3,(H,22,26). The van der Waals surface area contributed by atoms with E-state index in [1.54, 1.807) is 16.1 Å². The third-order valence-corrected chi connectivity index (χ3v) is 5.30. The van der Waals surface area contributed by atoms with Crippen LogP contribution in [-0.2, 0) is 27.2 Å². The number of aryl methyl sites for hydroxylation is 1. The normalized spacial score (nSPS) is 10.8. The Morgan fingerprint density at radius 1 is 1.31 bits per heavy atom.